The number of nitrogens with zero attached hydrogens (tertiary/aromatic N) is 1. The average Bonchev–Trinajstić information content (AvgIpc) is 2.50. The van der Waals surface area contributed by atoms with Gasteiger partial charge < -0.3 is 20.1 Å². The molecule has 1 fully saturated rings. The van der Waals surface area contributed by atoms with Crippen LogP contribution in [0.2, 0.25) is 0 Å². The molecule has 130 valence electrons. The lowest BCUT2D eigenvalue weighted by molar-refractivity contribution is 0.0732. The third-order valence-corrected chi connectivity index (χ3v) is 4.51. The van der Waals surface area contributed by atoms with Crippen molar-refractivity contribution in [3.05, 3.63) is 0 Å². The van der Waals surface area contributed by atoms with E-state index in [1.807, 2.05) is 7.05 Å². The van der Waals surface area contributed by atoms with E-state index in [1.165, 1.54) is 25.7 Å². The lowest BCUT2D eigenvalue weighted by atomic mass is 9.67. The van der Waals surface area contributed by atoms with Gasteiger partial charge in [-0.15, -0.1) is 0 Å². The molecule has 0 spiro atoms. The largest absolute Gasteiger partial charge is 0.385 e. The van der Waals surface area contributed by atoms with Crippen LogP contribution in [0.4, 0.5) is 0 Å². The van der Waals surface area contributed by atoms with Gasteiger partial charge in [-0.05, 0) is 37.5 Å². The molecule has 0 amide bonds. The number of ether oxygens (including phenoxy) is 2. The Balaban J connectivity index is 2.11. The van der Waals surface area contributed by atoms with Crippen LogP contribution in [0.1, 0.15) is 51.9 Å². The van der Waals surface area contributed by atoms with Crippen molar-refractivity contribution >= 4 is 5.96 Å². The van der Waals surface area contributed by atoms with E-state index in [2.05, 4.69) is 22.5 Å². The Kier molecular flexibility index (Phi) is 10.2. The minimum Gasteiger partial charge on any atom is -0.385 e. The molecule has 0 aromatic heterocycles. The summed E-state index contributed by atoms with van der Waals surface area (Å²) < 4.78 is 10.8. The van der Waals surface area contributed by atoms with Crippen molar-refractivity contribution in [2.75, 3.05) is 47.1 Å². The van der Waals surface area contributed by atoms with E-state index in [-0.39, 0.29) is 0 Å². The maximum absolute atomic E-state index is 5.56. The number of aliphatic imine (C=N–C) groups is 1. The molecule has 1 aliphatic rings. The van der Waals surface area contributed by atoms with Gasteiger partial charge in [0.15, 0.2) is 5.96 Å². The third-order valence-electron chi connectivity index (χ3n) is 4.51. The van der Waals surface area contributed by atoms with Crippen LogP contribution in [0.15, 0.2) is 4.99 Å². The van der Waals surface area contributed by atoms with E-state index in [9.17, 15) is 0 Å². The Morgan fingerprint density at radius 3 is 2.50 bits per heavy atom. The maximum atomic E-state index is 5.56. The van der Waals surface area contributed by atoms with E-state index in [1.54, 1.807) is 7.11 Å². The Hall–Kier alpha value is -0.810. The van der Waals surface area contributed by atoms with Crippen molar-refractivity contribution in [2.45, 2.75) is 51.9 Å². The molecule has 5 heteroatoms. The first kappa shape index (κ1) is 19.2. The zero-order chi connectivity index (χ0) is 16.1. The van der Waals surface area contributed by atoms with Gasteiger partial charge in [0.25, 0.3) is 0 Å². The first-order valence-electron chi connectivity index (χ1n) is 8.77. The Bertz CT molecular complexity index is 304. The highest BCUT2D eigenvalue weighted by Gasteiger charge is 2.36. The molecule has 0 aliphatic heterocycles. The minimum atomic E-state index is 0.414. The maximum Gasteiger partial charge on any atom is 0.190 e. The van der Waals surface area contributed by atoms with Crippen molar-refractivity contribution in [3.8, 4) is 0 Å². The van der Waals surface area contributed by atoms with Gasteiger partial charge in [0.2, 0.25) is 0 Å². The molecule has 0 atom stereocenters. The highest BCUT2D eigenvalue weighted by molar-refractivity contribution is 5.79. The highest BCUT2D eigenvalue weighted by atomic mass is 16.5. The highest BCUT2D eigenvalue weighted by Crippen LogP contribution is 2.43. The number of hydrogen-bond donors (Lipinski definition) is 2. The normalized spacial score (nSPS) is 17.1. The van der Waals surface area contributed by atoms with Gasteiger partial charge >= 0.3 is 0 Å². The van der Waals surface area contributed by atoms with E-state index in [0.29, 0.717) is 5.41 Å². The summed E-state index contributed by atoms with van der Waals surface area (Å²) in [7, 11) is 3.61. The van der Waals surface area contributed by atoms with Crippen LogP contribution in [0, 0.1) is 5.41 Å². The van der Waals surface area contributed by atoms with Crippen molar-refractivity contribution in [1.29, 1.82) is 0 Å². The predicted molar refractivity (Wildman–Crippen MR) is 92.5 cm³/mol. The molecule has 0 aromatic rings. The predicted octanol–water partition coefficient (Wildman–Crippen LogP) is 2.57. The Morgan fingerprint density at radius 1 is 1.14 bits per heavy atom. The van der Waals surface area contributed by atoms with Gasteiger partial charge in [0.05, 0.1) is 0 Å². The number of methoxy groups -OCH3 is 1. The van der Waals surface area contributed by atoms with Gasteiger partial charge in [-0.1, -0.05) is 19.8 Å². The standard InChI is InChI=1S/C17H35N3O2/c1-4-5-12-22-13-7-11-19-16(18-2)20-15-17(8-6-9-17)10-14-21-3/h4-15H2,1-3H3,(H2,18,19,20). The molecule has 1 saturated carbocycles. The zero-order valence-electron chi connectivity index (χ0n) is 14.7. The Labute approximate surface area is 136 Å². The summed E-state index contributed by atoms with van der Waals surface area (Å²) in [4.78, 5) is 4.30. The van der Waals surface area contributed by atoms with Crippen molar-refractivity contribution in [2.24, 2.45) is 10.4 Å². The third kappa shape index (κ3) is 7.45. The zero-order valence-corrected chi connectivity index (χ0v) is 14.7. The second kappa shape index (κ2) is 11.7. The smallest absolute Gasteiger partial charge is 0.190 e. The van der Waals surface area contributed by atoms with Crippen LogP contribution in [-0.4, -0.2) is 53.0 Å². The first-order chi connectivity index (χ1) is 10.8. The molecule has 0 saturated heterocycles. The lowest BCUT2D eigenvalue weighted by Gasteiger charge is -2.42. The molecular weight excluding hydrogens is 278 g/mol. The summed E-state index contributed by atoms with van der Waals surface area (Å²) in [6, 6.07) is 0. The number of nitrogens with one attached hydrogen (secondary N) is 2. The lowest BCUT2D eigenvalue weighted by Crippen LogP contribution is -2.47. The van der Waals surface area contributed by atoms with E-state index < -0.39 is 0 Å². The molecule has 0 unspecified atom stereocenters. The fourth-order valence-corrected chi connectivity index (χ4v) is 2.73. The first-order valence-corrected chi connectivity index (χ1v) is 8.77. The summed E-state index contributed by atoms with van der Waals surface area (Å²) in [5.41, 5.74) is 0.414. The van der Waals surface area contributed by atoms with Gasteiger partial charge in [0.1, 0.15) is 0 Å². The van der Waals surface area contributed by atoms with E-state index >= 15 is 0 Å². The summed E-state index contributed by atoms with van der Waals surface area (Å²) >= 11 is 0. The van der Waals surface area contributed by atoms with Gasteiger partial charge in [-0.2, -0.15) is 0 Å². The monoisotopic (exact) mass is 313 g/mol. The van der Waals surface area contributed by atoms with E-state index in [4.69, 9.17) is 9.47 Å². The number of unbranched alkanes of at least 4 members (excludes halogenated alkanes) is 1. The fourth-order valence-electron chi connectivity index (χ4n) is 2.73. The molecule has 22 heavy (non-hydrogen) atoms. The molecule has 0 bridgehead atoms. The summed E-state index contributed by atoms with van der Waals surface area (Å²) in [6.07, 6.45) is 8.43. The van der Waals surface area contributed by atoms with Gasteiger partial charge in [0, 0.05) is 47.1 Å². The van der Waals surface area contributed by atoms with Gasteiger partial charge in [-0.3, -0.25) is 4.99 Å². The molecule has 0 heterocycles. The van der Waals surface area contributed by atoms with E-state index in [0.717, 1.165) is 58.1 Å². The second-order valence-corrected chi connectivity index (χ2v) is 6.27. The molecular formula is C17H35N3O2. The summed E-state index contributed by atoms with van der Waals surface area (Å²) in [5.74, 6) is 0.900. The molecule has 0 radical (unpaired) electrons. The minimum absolute atomic E-state index is 0.414. The topological polar surface area (TPSA) is 54.9 Å². The van der Waals surface area contributed by atoms with Crippen LogP contribution >= 0.6 is 0 Å². The average molecular weight is 313 g/mol. The van der Waals surface area contributed by atoms with Crippen LogP contribution in [0.25, 0.3) is 0 Å². The Morgan fingerprint density at radius 2 is 1.91 bits per heavy atom. The van der Waals surface area contributed by atoms with Gasteiger partial charge in [-0.25, -0.2) is 0 Å². The van der Waals surface area contributed by atoms with Crippen molar-refractivity contribution < 1.29 is 9.47 Å². The van der Waals surface area contributed by atoms with Crippen LogP contribution < -0.4 is 10.6 Å². The quantitative estimate of drug-likeness (QED) is 0.330. The molecule has 0 aromatic carbocycles. The number of hydrogen-bond acceptors (Lipinski definition) is 3. The molecule has 1 aliphatic carbocycles. The number of rotatable bonds is 12. The van der Waals surface area contributed by atoms with Crippen LogP contribution in [0.5, 0.6) is 0 Å². The van der Waals surface area contributed by atoms with Crippen molar-refractivity contribution in [1.82, 2.24) is 10.6 Å². The molecule has 2 N–H and O–H groups in total. The molecule has 5 nitrogen and oxygen atoms in total. The SMILES string of the molecule is CCCCOCCCNC(=NC)NCC1(CCOC)CCC1. The summed E-state index contributed by atoms with van der Waals surface area (Å²) in [5, 5.41) is 6.84. The fraction of sp³-hybridized carbons (Fsp3) is 0.941. The van der Waals surface area contributed by atoms with Crippen molar-refractivity contribution in [3.63, 3.8) is 0 Å². The summed E-state index contributed by atoms with van der Waals surface area (Å²) in [6.45, 7) is 6.62. The number of guanidine groups is 1. The molecule has 1 rings (SSSR count). The van der Waals surface area contributed by atoms with Crippen LogP contribution in [-0.2, 0) is 9.47 Å². The van der Waals surface area contributed by atoms with Crippen LogP contribution in [0.3, 0.4) is 0 Å². The second-order valence-electron chi connectivity index (χ2n) is 6.27.